The fourth-order valence-corrected chi connectivity index (χ4v) is 2.94. The molecule has 5 nitrogen and oxygen atoms in total. The van der Waals surface area contributed by atoms with Crippen LogP contribution in [0.3, 0.4) is 0 Å². The summed E-state index contributed by atoms with van der Waals surface area (Å²) in [5, 5.41) is 5.22. The molecule has 2 aromatic carbocycles. The Morgan fingerprint density at radius 1 is 1.19 bits per heavy atom. The molecule has 0 aliphatic carbocycles. The van der Waals surface area contributed by atoms with Gasteiger partial charge < -0.3 is 4.90 Å². The Kier molecular flexibility index (Phi) is 5.94. The normalized spacial score (nSPS) is 12.3. The smallest absolute Gasteiger partial charge is 0.246 e. The molecule has 0 aliphatic heterocycles. The van der Waals surface area contributed by atoms with E-state index in [4.69, 9.17) is 23.2 Å². The standard InChI is InChI=1S/C20H18Cl2N4O/c1-14(15-3-7-18(8-4-15)26-13-23-12-24-26)25(2)20(27)10-5-16-11-17(21)6-9-19(16)22/h3-14H,1-2H3/b10-5+. The summed E-state index contributed by atoms with van der Waals surface area (Å²) < 4.78 is 1.68. The second-order valence-corrected chi connectivity index (χ2v) is 6.90. The van der Waals surface area contributed by atoms with Gasteiger partial charge in [-0.25, -0.2) is 9.67 Å². The highest BCUT2D eigenvalue weighted by Crippen LogP contribution is 2.23. The molecule has 0 radical (unpaired) electrons. The van der Waals surface area contributed by atoms with Crippen molar-refractivity contribution in [1.29, 1.82) is 0 Å². The van der Waals surface area contributed by atoms with Crippen molar-refractivity contribution < 1.29 is 4.79 Å². The summed E-state index contributed by atoms with van der Waals surface area (Å²) in [6.07, 6.45) is 6.30. The lowest BCUT2D eigenvalue weighted by molar-refractivity contribution is -0.126. The number of aromatic nitrogens is 3. The van der Waals surface area contributed by atoms with Crippen LogP contribution < -0.4 is 0 Å². The van der Waals surface area contributed by atoms with Crippen LogP contribution in [0.4, 0.5) is 0 Å². The average molecular weight is 401 g/mol. The van der Waals surface area contributed by atoms with Crippen LogP contribution in [0.15, 0.2) is 61.2 Å². The van der Waals surface area contributed by atoms with Gasteiger partial charge in [-0.05, 0) is 54.5 Å². The van der Waals surface area contributed by atoms with E-state index in [2.05, 4.69) is 10.1 Å². The van der Waals surface area contributed by atoms with Crippen LogP contribution in [0.5, 0.6) is 0 Å². The Morgan fingerprint density at radius 3 is 2.59 bits per heavy atom. The van der Waals surface area contributed by atoms with Crippen LogP contribution in [0.25, 0.3) is 11.8 Å². The van der Waals surface area contributed by atoms with E-state index in [-0.39, 0.29) is 11.9 Å². The van der Waals surface area contributed by atoms with Crippen LogP contribution in [0.1, 0.15) is 24.1 Å². The van der Waals surface area contributed by atoms with Crippen LogP contribution in [-0.4, -0.2) is 32.6 Å². The van der Waals surface area contributed by atoms with E-state index in [0.29, 0.717) is 15.6 Å². The van der Waals surface area contributed by atoms with E-state index in [1.807, 2.05) is 31.2 Å². The zero-order valence-corrected chi connectivity index (χ0v) is 16.4. The molecule has 1 amide bonds. The van der Waals surface area contributed by atoms with Crippen LogP contribution in [0, 0.1) is 0 Å². The summed E-state index contributed by atoms with van der Waals surface area (Å²) >= 11 is 12.1. The molecular formula is C20H18Cl2N4O. The molecule has 0 fully saturated rings. The zero-order chi connectivity index (χ0) is 19.4. The van der Waals surface area contributed by atoms with Gasteiger partial charge in [0.05, 0.1) is 11.7 Å². The van der Waals surface area contributed by atoms with Gasteiger partial charge in [0.25, 0.3) is 0 Å². The van der Waals surface area contributed by atoms with Crippen molar-refractivity contribution in [2.45, 2.75) is 13.0 Å². The number of rotatable bonds is 5. The van der Waals surface area contributed by atoms with E-state index in [1.54, 1.807) is 47.2 Å². The number of carbonyl (C=O) groups excluding carboxylic acids is 1. The lowest BCUT2D eigenvalue weighted by atomic mass is 10.1. The van der Waals surface area contributed by atoms with Gasteiger partial charge in [-0.2, -0.15) is 5.10 Å². The maximum Gasteiger partial charge on any atom is 0.246 e. The Labute approximate surface area is 167 Å². The maximum atomic E-state index is 12.5. The number of nitrogens with zero attached hydrogens (tertiary/aromatic N) is 4. The second kappa shape index (κ2) is 8.37. The Bertz CT molecular complexity index is 953. The minimum atomic E-state index is -0.126. The zero-order valence-electron chi connectivity index (χ0n) is 14.9. The highest BCUT2D eigenvalue weighted by atomic mass is 35.5. The van der Waals surface area contributed by atoms with E-state index in [0.717, 1.165) is 11.3 Å². The summed E-state index contributed by atoms with van der Waals surface area (Å²) in [7, 11) is 1.77. The minimum Gasteiger partial charge on any atom is -0.335 e. The molecule has 3 rings (SSSR count). The highest BCUT2D eigenvalue weighted by molar-refractivity contribution is 6.34. The Morgan fingerprint density at radius 2 is 1.93 bits per heavy atom. The first kappa shape index (κ1) is 19.1. The summed E-state index contributed by atoms with van der Waals surface area (Å²) in [5.74, 6) is -0.126. The lowest BCUT2D eigenvalue weighted by Gasteiger charge is -2.24. The first-order valence-corrected chi connectivity index (χ1v) is 9.06. The first-order chi connectivity index (χ1) is 13.0. The predicted octanol–water partition coefficient (Wildman–Crippen LogP) is 4.81. The number of carbonyl (C=O) groups is 1. The molecule has 1 heterocycles. The summed E-state index contributed by atoms with van der Waals surface area (Å²) in [6, 6.07) is 12.9. The molecule has 0 saturated carbocycles. The van der Waals surface area contributed by atoms with Crippen LogP contribution >= 0.6 is 23.2 Å². The molecule has 0 N–H and O–H groups in total. The molecule has 0 saturated heterocycles. The maximum absolute atomic E-state index is 12.5. The van der Waals surface area contributed by atoms with Gasteiger partial charge in [0.15, 0.2) is 0 Å². The molecule has 0 aliphatic rings. The van der Waals surface area contributed by atoms with Crippen LogP contribution in [0.2, 0.25) is 10.0 Å². The van der Waals surface area contributed by atoms with Gasteiger partial charge in [-0.3, -0.25) is 4.79 Å². The van der Waals surface area contributed by atoms with Gasteiger partial charge in [0, 0.05) is 23.2 Å². The molecule has 3 aromatic rings. The second-order valence-electron chi connectivity index (χ2n) is 6.06. The average Bonchev–Trinajstić information content (AvgIpc) is 3.22. The van der Waals surface area contributed by atoms with Gasteiger partial charge >= 0.3 is 0 Å². The third-order valence-corrected chi connectivity index (χ3v) is 4.93. The molecule has 138 valence electrons. The summed E-state index contributed by atoms with van der Waals surface area (Å²) in [5.41, 5.74) is 2.63. The van der Waals surface area contributed by atoms with Crippen molar-refractivity contribution in [1.82, 2.24) is 19.7 Å². The molecule has 1 atom stereocenters. The van der Waals surface area contributed by atoms with E-state index in [1.165, 1.54) is 12.4 Å². The minimum absolute atomic E-state index is 0.0956. The predicted molar refractivity (Wildman–Crippen MR) is 108 cm³/mol. The summed E-state index contributed by atoms with van der Waals surface area (Å²) in [4.78, 5) is 18.1. The third-order valence-electron chi connectivity index (χ3n) is 4.35. The topological polar surface area (TPSA) is 51.0 Å². The first-order valence-electron chi connectivity index (χ1n) is 8.30. The van der Waals surface area contributed by atoms with Gasteiger partial charge in [-0.1, -0.05) is 35.3 Å². The van der Waals surface area contributed by atoms with Crippen molar-refractivity contribution in [3.05, 3.63) is 82.4 Å². The molecule has 1 unspecified atom stereocenters. The quantitative estimate of drug-likeness (QED) is 0.577. The molecule has 7 heteroatoms. The fraction of sp³-hybridized carbons (Fsp3) is 0.150. The van der Waals surface area contributed by atoms with Crippen LogP contribution in [-0.2, 0) is 4.79 Å². The number of halogens is 2. The van der Waals surface area contributed by atoms with Crippen molar-refractivity contribution in [3.63, 3.8) is 0 Å². The van der Waals surface area contributed by atoms with Gasteiger partial charge in [-0.15, -0.1) is 0 Å². The van der Waals surface area contributed by atoms with E-state index < -0.39 is 0 Å². The Hall–Kier alpha value is -2.63. The molecule has 27 heavy (non-hydrogen) atoms. The highest BCUT2D eigenvalue weighted by Gasteiger charge is 2.15. The number of amides is 1. The van der Waals surface area contributed by atoms with E-state index >= 15 is 0 Å². The largest absolute Gasteiger partial charge is 0.335 e. The number of likely N-dealkylation sites (N-methyl/N-ethyl adjacent to an activating group) is 1. The summed E-state index contributed by atoms with van der Waals surface area (Å²) in [6.45, 7) is 1.97. The lowest BCUT2D eigenvalue weighted by Crippen LogP contribution is -2.28. The van der Waals surface area contributed by atoms with Crippen molar-refractivity contribution in [3.8, 4) is 5.69 Å². The van der Waals surface area contributed by atoms with E-state index in [9.17, 15) is 4.79 Å². The molecular weight excluding hydrogens is 383 g/mol. The fourth-order valence-electron chi connectivity index (χ4n) is 2.58. The van der Waals surface area contributed by atoms with Gasteiger partial charge in [0.2, 0.25) is 5.91 Å². The molecule has 0 spiro atoms. The van der Waals surface area contributed by atoms with Crippen molar-refractivity contribution >= 4 is 35.2 Å². The van der Waals surface area contributed by atoms with Crippen molar-refractivity contribution in [2.75, 3.05) is 7.05 Å². The third kappa shape index (κ3) is 4.56. The molecule has 1 aromatic heterocycles. The number of hydrogen-bond acceptors (Lipinski definition) is 3. The monoisotopic (exact) mass is 400 g/mol. The Balaban J connectivity index is 1.70. The number of benzene rings is 2. The SMILES string of the molecule is CC(c1ccc(-n2cncn2)cc1)N(C)C(=O)/C=C/c1cc(Cl)ccc1Cl. The molecule has 0 bridgehead atoms. The van der Waals surface area contributed by atoms with Crippen molar-refractivity contribution in [2.24, 2.45) is 0 Å². The number of hydrogen-bond donors (Lipinski definition) is 0. The van der Waals surface area contributed by atoms with Gasteiger partial charge in [0.1, 0.15) is 12.7 Å².